The van der Waals surface area contributed by atoms with Crippen LogP contribution in [0, 0.1) is 12.8 Å². The minimum Gasteiger partial charge on any atom is -0.465 e. The van der Waals surface area contributed by atoms with Crippen molar-refractivity contribution in [1.82, 2.24) is 5.32 Å². The summed E-state index contributed by atoms with van der Waals surface area (Å²) in [6, 6.07) is 0. The fourth-order valence-electron chi connectivity index (χ4n) is 2.18. The predicted molar refractivity (Wildman–Crippen MR) is 74.6 cm³/mol. The van der Waals surface area contributed by atoms with Crippen LogP contribution in [0.25, 0.3) is 0 Å². The van der Waals surface area contributed by atoms with Gasteiger partial charge in [0.2, 0.25) is 5.91 Å². The number of esters is 1. The number of methoxy groups -OCH3 is 1. The quantitative estimate of drug-likeness (QED) is 0.826. The Balaban J connectivity index is 2.03. The molecule has 1 amide bonds. The number of rotatable bonds is 4. The summed E-state index contributed by atoms with van der Waals surface area (Å²) in [5.41, 5.74) is 1.48. The molecule has 5 nitrogen and oxygen atoms in total. The third kappa shape index (κ3) is 3.33. The van der Waals surface area contributed by atoms with Crippen LogP contribution in [0.5, 0.6) is 0 Å². The number of hydrogen-bond acceptors (Lipinski definition) is 5. The topological polar surface area (TPSA) is 67.4 Å². The van der Waals surface area contributed by atoms with Gasteiger partial charge in [-0.15, -0.1) is 11.3 Å². The summed E-state index contributed by atoms with van der Waals surface area (Å²) in [4.78, 5) is 24.1. The Hall–Kier alpha value is -1.40. The van der Waals surface area contributed by atoms with Gasteiger partial charge in [-0.25, -0.2) is 4.79 Å². The average molecular weight is 282 g/mol. The zero-order chi connectivity index (χ0) is 13.8. The first-order valence-corrected chi connectivity index (χ1v) is 7.16. The SMILES string of the molecule is COC(=O)c1scc(C)c1NC(=O)CC1CCNC1. The lowest BCUT2D eigenvalue weighted by Crippen LogP contribution is -2.19. The normalized spacial score (nSPS) is 18.3. The van der Waals surface area contributed by atoms with Crippen molar-refractivity contribution in [3.8, 4) is 0 Å². The molecular formula is C13H18N2O3S. The summed E-state index contributed by atoms with van der Waals surface area (Å²) < 4.78 is 4.72. The first-order chi connectivity index (χ1) is 9.11. The van der Waals surface area contributed by atoms with Crippen LogP contribution < -0.4 is 10.6 Å². The fraction of sp³-hybridized carbons (Fsp3) is 0.538. The summed E-state index contributed by atoms with van der Waals surface area (Å²) in [6.07, 6.45) is 1.52. The van der Waals surface area contributed by atoms with E-state index in [2.05, 4.69) is 10.6 Å². The first kappa shape index (κ1) is 14.0. The van der Waals surface area contributed by atoms with Crippen LogP contribution in [0.3, 0.4) is 0 Å². The lowest BCUT2D eigenvalue weighted by atomic mass is 10.0. The number of thiophene rings is 1. The molecule has 0 aliphatic carbocycles. The number of ether oxygens (including phenoxy) is 1. The van der Waals surface area contributed by atoms with E-state index in [1.54, 1.807) is 0 Å². The van der Waals surface area contributed by atoms with Gasteiger partial charge in [0.15, 0.2) is 0 Å². The third-order valence-corrected chi connectivity index (χ3v) is 4.32. The molecule has 0 aromatic carbocycles. The smallest absolute Gasteiger partial charge is 0.350 e. The van der Waals surface area contributed by atoms with E-state index < -0.39 is 5.97 Å². The Morgan fingerprint density at radius 1 is 1.58 bits per heavy atom. The molecule has 19 heavy (non-hydrogen) atoms. The molecule has 2 heterocycles. The summed E-state index contributed by atoms with van der Waals surface area (Å²) in [7, 11) is 1.34. The highest BCUT2D eigenvalue weighted by Crippen LogP contribution is 2.28. The molecule has 1 atom stereocenters. The maximum atomic E-state index is 12.0. The highest BCUT2D eigenvalue weighted by Gasteiger charge is 2.21. The number of carbonyl (C=O) groups excluding carboxylic acids is 2. The Morgan fingerprint density at radius 2 is 2.37 bits per heavy atom. The molecule has 1 aliphatic heterocycles. The van der Waals surface area contributed by atoms with Crippen molar-refractivity contribution < 1.29 is 14.3 Å². The van der Waals surface area contributed by atoms with Crippen LogP contribution >= 0.6 is 11.3 Å². The summed E-state index contributed by atoms with van der Waals surface area (Å²) >= 11 is 1.29. The Kier molecular flexibility index (Phi) is 4.55. The van der Waals surface area contributed by atoms with E-state index in [1.165, 1.54) is 18.4 Å². The number of hydrogen-bond donors (Lipinski definition) is 2. The number of amides is 1. The van der Waals surface area contributed by atoms with Gasteiger partial charge in [0.05, 0.1) is 12.8 Å². The van der Waals surface area contributed by atoms with Crippen LogP contribution in [-0.2, 0) is 9.53 Å². The van der Waals surface area contributed by atoms with Crippen LogP contribution in [0.1, 0.15) is 28.1 Å². The lowest BCUT2D eigenvalue weighted by Gasteiger charge is -2.10. The maximum absolute atomic E-state index is 12.0. The van der Waals surface area contributed by atoms with Crippen molar-refractivity contribution in [2.75, 3.05) is 25.5 Å². The Labute approximate surface area is 116 Å². The second-order valence-corrected chi connectivity index (χ2v) is 5.61. The van der Waals surface area contributed by atoms with E-state index >= 15 is 0 Å². The third-order valence-electron chi connectivity index (χ3n) is 3.25. The second-order valence-electron chi connectivity index (χ2n) is 4.73. The van der Waals surface area contributed by atoms with Gasteiger partial charge < -0.3 is 15.4 Å². The number of carbonyl (C=O) groups is 2. The molecule has 2 N–H and O–H groups in total. The van der Waals surface area contributed by atoms with Gasteiger partial charge in [0.25, 0.3) is 0 Å². The molecule has 1 aliphatic rings. The van der Waals surface area contributed by atoms with Crippen molar-refractivity contribution in [2.45, 2.75) is 19.8 Å². The highest BCUT2D eigenvalue weighted by molar-refractivity contribution is 7.12. The molecular weight excluding hydrogens is 264 g/mol. The minimum atomic E-state index is -0.407. The number of aryl methyl sites for hydroxylation is 1. The Morgan fingerprint density at radius 3 is 3.00 bits per heavy atom. The molecule has 1 saturated heterocycles. The van der Waals surface area contributed by atoms with Gasteiger partial charge in [-0.2, -0.15) is 0 Å². The monoisotopic (exact) mass is 282 g/mol. The Bertz CT molecular complexity index is 478. The van der Waals surface area contributed by atoms with Crippen molar-refractivity contribution in [1.29, 1.82) is 0 Å². The van der Waals surface area contributed by atoms with Crippen LogP contribution in [-0.4, -0.2) is 32.1 Å². The van der Waals surface area contributed by atoms with Gasteiger partial charge in [0.1, 0.15) is 4.88 Å². The van der Waals surface area contributed by atoms with Gasteiger partial charge in [0, 0.05) is 6.42 Å². The van der Waals surface area contributed by atoms with Gasteiger partial charge in [-0.3, -0.25) is 4.79 Å². The largest absolute Gasteiger partial charge is 0.465 e. The van der Waals surface area contributed by atoms with E-state index in [4.69, 9.17) is 4.74 Å². The molecule has 1 aromatic rings. The molecule has 0 bridgehead atoms. The zero-order valence-corrected chi connectivity index (χ0v) is 11.9. The van der Waals surface area contributed by atoms with E-state index in [9.17, 15) is 9.59 Å². The molecule has 0 spiro atoms. The maximum Gasteiger partial charge on any atom is 0.350 e. The summed E-state index contributed by atoms with van der Waals surface area (Å²) in [5, 5.41) is 7.92. The van der Waals surface area contributed by atoms with Crippen molar-refractivity contribution in [3.05, 3.63) is 15.8 Å². The van der Waals surface area contributed by atoms with E-state index in [-0.39, 0.29) is 5.91 Å². The predicted octanol–water partition coefficient (Wildman–Crippen LogP) is 1.78. The standard InChI is InChI=1S/C13H18N2O3S/c1-8-7-19-12(13(17)18-2)11(8)15-10(16)5-9-3-4-14-6-9/h7,9,14H,3-6H2,1-2H3,(H,15,16). The molecule has 0 radical (unpaired) electrons. The van der Waals surface area contributed by atoms with E-state index in [0.29, 0.717) is 22.9 Å². The summed E-state index contributed by atoms with van der Waals surface area (Å²) in [5.74, 6) is -0.0585. The van der Waals surface area contributed by atoms with Crippen LogP contribution in [0.15, 0.2) is 5.38 Å². The zero-order valence-electron chi connectivity index (χ0n) is 11.1. The molecule has 6 heteroatoms. The van der Waals surface area contributed by atoms with Crippen molar-refractivity contribution in [2.24, 2.45) is 5.92 Å². The summed E-state index contributed by atoms with van der Waals surface area (Å²) in [6.45, 7) is 3.73. The molecule has 2 rings (SSSR count). The number of anilines is 1. The van der Waals surface area contributed by atoms with Crippen LogP contribution in [0.2, 0.25) is 0 Å². The number of nitrogens with one attached hydrogen (secondary N) is 2. The lowest BCUT2D eigenvalue weighted by molar-refractivity contribution is -0.116. The highest BCUT2D eigenvalue weighted by atomic mass is 32.1. The van der Waals surface area contributed by atoms with Gasteiger partial charge >= 0.3 is 5.97 Å². The van der Waals surface area contributed by atoms with E-state index in [1.807, 2.05) is 12.3 Å². The fourth-order valence-corrected chi connectivity index (χ4v) is 3.11. The van der Waals surface area contributed by atoms with Crippen molar-refractivity contribution >= 4 is 28.9 Å². The molecule has 1 unspecified atom stereocenters. The molecule has 0 saturated carbocycles. The van der Waals surface area contributed by atoms with Crippen molar-refractivity contribution in [3.63, 3.8) is 0 Å². The van der Waals surface area contributed by atoms with Gasteiger partial charge in [-0.05, 0) is 43.3 Å². The molecule has 104 valence electrons. The van der Waals surface area contributed by atoms with E-state index in [0.717, 1.165) is 25.1 Å². The molecule has 1 aromatic heterocycles. The second kappa shape index (κ2) is 6.16. The minimum absolute atomic E-state index is 0.0413. The first-order valence-electron chi connectivity index (χ1n) is 6.28. The molecule has 1 fully saturated rings. The van der Waals surface area contributed by atoms with Crippen LogP contribution in [0.4, 0.5) is 5.69 Å². The van der Waals surface area contributed by atoms with Gasteiger partial charge in [-0.1, -0.05) is 0 Å². The average Bonchev–Trinajstić information content (AvgIpc) is 3.00.